The maximum atomic E-state index is 13.4. The van der Waals surface area contributed by atoms with Crippen LogP contribution in [0.1, 0.15) is 20.3 Å². The average molecular weight is 413 g/mol. The van der Waals surface area contributed by atoms with Crippen molar-refractivity contribution < 1.29 is 49.0 Å². The van der Waals surface area contributed by atoms with E-state index >= 15 is 0 Å². The van der Waals surface area contributed by atoms with Crippen LogP contribution in [0.25, 0.3) is 0 Å². The van der Waals surface area contributed by atoms with Crippen LogP contribution in [-0.4, -0.2) is 40.8 Å². The van der Waals surface area contributed by atoms with Crippen LogP contribution in [0.3, 0.4) is 0 Å². The monoisotopic (exact) mass is 412 g/mol. The second-order valence-electron chi connectivity index (χ2n) is 4.45. The highest BCUT2D eigenvalue weighted by Gasteiger charge is 2.82. The van der Waals surface area contributed by atoms with Crippen molar-refractivity contribution in [1.29, 1.82) is 0 Å². The van der Waals surface area contributed by atoms with E-state index in [1.807, 2.05) is 0 Å². The zero-order valence-corrected chi connectivity index (χ0v) is 12.6. The van der Waals surface area contributed by atoms with Crippen LogP contribution in [-0.2, 0) is 9.53 Å². The summed E-state index contributed by atoms with van der Waals surface area (Å²) in [6.07, 6.45) is -9.23. The van der Waals surface area contributed by atoms with E-state index in [2.05, 4.69) is 20.7 Å². The molecule has 0 aromatic carbocycles. The van der Waals surface area contributed by atoms with Gasteiger partial charge in [-0.25, -0.2) is 0 Å². The van der Waals surface area contributed by atoms with E-state index < -0.39 is 40.7 Å². The van der Waals surface area contributed by atoms with Crippen LogP contribution >= 0.6 is 15.9 Å². The fourth-order valence-electron chi connectivity index (χ4n) is 1.29. The highest BCUT2D eigenvalue weighted by atomic mass is 79.9. The summed E-state index contributed by atoms with van der Waals surface area (Å²) >= 11 is 2.28. The SMILES string of the molecule is CCOC(=O)C(C)(Br)CC(F)(F)C(F)(F)C(F)(F)C(F)(F)F. The molecular weight excluding hydrogens is 403 g/mol. The molecular formula is C10H10BrF9O2. The molecule has 1 atom stereocenters. The maximum Gasteiger partial charge on any atom is 0.460 e. The molecule has 22 heavy (non-hydrogen) atoms. The Balaban J connectivity index is 5.60. The number of halogens is 10. The van der Waals surface area contributed by atoms with Gasteiger partial charge in [-0.3, -0.25) is 4.79 Å². The van der Waals surface area contributed by atoms with Crippen molar-refractivity contribution in [2.75, 3.05) is 6.61 Å². The predicted molar refractivity (Wildman–Crippen MR) is 59.5 cm³/mol. The van der Waals surface area contributed by atoms with Gasteiger partial charge in [0.15, 0.2) is 0 Å². The standard InChI is InChI=1S/C10H10BrF9O2/c1-3-22-5(21)6(2,11)4-7(12,13)8(14,15)9(16,17)10(18,19)20/h3-4H2,1-2H3. The summed E-state index contributed by atoms with van der Waals surface area (Å²) in [7, 11) is 0. The molecule has 0 aliphatic carbocycles. The van der Waals surface area contributed by atoms with Gasteiger partial charge >= 0.3 is 29.9 Å². The van der Waals surface area contributed by atoms with E-state index in [0.29, 0.717) is 6.92 Å². The molecule has 132 valence electrons. The molecule has 0 fully saturated rings. The van der Waals surface area contributed by atoms with Crippen LogP contribution in [0.4, 0.5) is 39.5 Å². The van der Waals surface area contributed by atoms with Crippen molar-refractivity contribution in [3.05, 3.63) is 0 Å². The van der Waals surface area contributed by atoms with Gasteiger partial charge < -0.3 is 4.74 Å². The Labute approximate surface area is 127 Å². The fraction of sp³-hybridized carbons (Fsp3) is 0.900. The molecule has 0 aliphatic heterocycles. The van der Waals surface area contributed by atoms with Crippen LogP contribution in [0.5, 0.6) is 0 Å². The van der Waals surface area contributed by atoms with Crippen LogP contribution < -0.4 is 0 Å². The van der Waals surface area contributed by atoms with Crippen molar-refractivity contribution in [1.82, 2.24) is 0 Å². The number of rotatable bonds is 6. The number of ether oxygens (including phenoxy) is 1. The first-order valence-electron chi connectivity index (χ1n) is 5.50. The van der Waals surface area contributed by atoms with Crippen molar-refractivity contribution in [2.24, 2.45) is 0 Å². The van der Waals surface area contributed by atoms with E-state index in [9.17, 15) is 44.3 Å². The minimum absolute atomic E-state index is 0.347. The lowest BCUT2D eigenvalue weighted by atomic mass is 9.94. The zero-order valence-electron chi connectivity index (χ0n) is 11.0. The van der Waals surface area contributed by atoms with Gasteiger partial charge in [-0.05, 0) is 13.8 Å². The Bertz CT molecular complexity index is 417. The molecule has 0 spiro atoms. The highest BCUT2D eigenvalue weighted by molar-refractivity contribution is 9.10. The van der Waals surface area contributed by atoms with E-state index in [-0.39, 0.29) is 6.61 Å². The van der Waals surface area contributed by atoms with Crippen molar-refractivity contribution >= 4 is 21.9 Å². The topological polar surface area (TPSA) is 26.3 Å². The second-order valence-corrected chi connectivity index (χ2v) is 6.20. The molecule has 0 bridgehead atoms. The number of hydrogen-bond donors (Lipinski definition) is 0. The minimum atomic E-state index is -6.98. The van der Waals surface area contributed by atoms with Gasteiger partial charge in [0.05, 0.1) is 6.61 Å². The van der Waals surface area contributed by atoms with E-state index in [0.717, 1.165) is 0 Å². The molecule has 0 amide bonds. The third kappa shape index (κ3) is 3.80. The first kappa shape index (κ1) is 21.3. The lowest BCUT2D eigenvalue weighted by Gasteiger charge is -2.36. The van der Waals surface area contributed by atoms with Gasteiger partial charge in [0.2, 0.25) is 0 Å². The van der Waals surface area contributed by atoms with Crippen LogP contribution in [0.15, 0.2) is 0 Å². The first-order chi connectivity index (χ1) is 9.44. The van der Waals surface area contributed by atoms with Crippen molar-refractivity contribution in [3.8, 4) is 0 Å². The van der Waals surface area contributed by atoms with Crippen molar-refractivity contribution in [3.63, 3.8) is 0 Å². The number of hydrogen-bond acceptors (Lipinski definition) is 2. The summed E-state index contributed by atoms with van der Waals surface area (Å²) in [6.45, 7) is 1.48. The summed E-state index contributed by atoms with van der Waals surface area (Å²) in [5, 5.41) is 0. The second kappa shape index (κ2) is 6.08. The van der Waals surface area contributed by atoms with Gasteiger partial charge in [0.1, 0.15) is 4.32 Å². The van der Waals surface area contributed by atoms with Gasteiger partial charge in [-0.1, -0.05) is 15.9 Å². The smallest absolute Gasteiger partial charge is 0.460 e. The summed E-state index contributed by atoms with van der Waals surface area (Å²) in [5.74, 6) is -21.1. The van der Waals surface area contributed by atoms with Crippen molar-refractivity contribution in [2.45, 2.75) is 48.5 Å². The summed E-state index contributed by atoms with van der Waals surface area (Å²) in [4.78, 5) is 11.3. The third-order valence-corrected chi connectivity index (χ3v) is 3.07. The van der Waals surface area contributed by atoms with Gasteiger partial charge in [0.25, 0.3) is 0 Å². The largest absolute Gasteiger partial charge is 0.465 e. The minimum Gasteiger partial charge on any atom is -0.465 e. The lowest BCUT2D eigenvalue weighted by molar-refractivity contribution is -0.397. The molecule has 2 nitrogen and oxygen atoms in total. The van der Waals surface area contributed by atoms with Gasteiger partial charge in [-0.15, -0.1) is 0 Å². The predicted octanol–water partition coefficient (Wildman–Crippen LogP) is 4.56. The Morgan fingerprint density at radius 1 is 0.955 bits per heavy atom. The Morgan fingerprint density at radius 3 is 1.68 bits per heavy atom. The number of carbonyl (C=O) groups excluding carboxylic acids is 1. The maximum absolute atomic E-state index is 13.4. The molecule has 12 heteroatoms. The average Bonchev–Trinajstić information content (AvgIpc) is 2.25. The molecule has 0 saturated heterocycles. The van der Waals surface area contributed by atoms with Gasteiger partial charge in [0, 0.05) is 6.42 Å². The van der Waals surface area contributed by atoms with E-state index in [4.69, 9.17) is 0 Å². The Hall–Kier alpha value is -0.680. The number of esters is 1. The zero-order chi connectivity index (χ0) is 18.2. The normalized spacial score (nSPS) is 17.1. The lowest BCUT2D eigenvalue weighted by Crippen LogP contribution is -2.62. The summed E-state index contributed by atoms with van der Waals surface area (Å²) in [5.41, 5.74) is 0. The molecule has 0 aliphatic rings. The van der Waals surface area contributed by atoms with Crippen LogP contribution in [0.2, 0.25) is 0 Å². The summed E-state index contributed by atoms with van der Waals surface area (Å²) < 4.78 is 115. The fourth-order valence-corrected chi connectivity index (χ4v) is 1.76. The number of carbonyl (C=O) groups is 1. The molecule has 0 heterocycles. The molecule has 0 aromatic rings. The molecule has 0 rings (SSSR count). The molecule has 0 aromatic heterocycles. The van der Waals surface area contributed by atoms with Crippen LogP contribution in [0, 0.1) is 0 Å². The van der Waals surface area contributed by atoms with E-state index in [1.165, 1.54) is 6.92 Å². The first-order valence-corrected chi connectivity index (χ1v) is 6.29. The molecule has 0 saturated carbocycles. The Kier molecular flexibility index (Phi) is 5.89. The summed E-state index contributed by atoms with van der Waals surface area (Å²) in [6, 6.07) is 0. The third-order valence-electron chi connectivity index (χ3n) is 2.46. The molecule has 1 unspecified atom stereocenters. The molecule has 0 radical (unpaired) electrons. The highest BCUT2D eigenvalue weighted by Crippen LogP contribution is 2.55. The van der Waals surface area contributed by atoms with E-state index in [1.54, 1.807) is 0 Å². The quantitative estimate of drug-likeness (QED) is 0.363. The van der Waals surface area contributed by atoms with Gasteiger partial charge in [-0.2, -0.15) is 39.5 Å². The molecule has 0 N–H and O–H groups in total. The Morgan fingerprint density at radius 2 is 1.36 bits per heavy atom. The number of alkyl halides is 10.